The lowest BCUT2D eigenvalue weighted by Gasteiger charge is -2.04. The van der Waals surface area contributed by atoms with Gasteiger partial charge in [-0.25, -0.2) is 0 Å². The van der Waals surface area contributed by atoms with Crippen LogP contribution in [0.25, 0.3) is 0 Å². The zero-order valence-corrected chi connectivity index (χ0v) is 7.49. The van der Waals surface area contributed by atoms with Crippen LogP contribution in [0.3, 0.4) is 0 Å². The molecule has 2 heteroatoms. The molecule has 0 N–H and O–H groups in total. The van der Waals surface area contributed by atoms with Crippen LogP contribution in [0.5, 0.6) is 0 Å². The van der Waals surface area contributed by atoms with Crippen LogP contribution in [0, 0.1) is 0 Å². The Bertz CT molecular complexity index is 233. The zero-order chi connectivity index (χ0) is 8.27. The molecule has 0 aromatic heterocycles. The predicted molar refractivity (Wildman–Crippen MR) is 47.5 cm³/mol. The predicted octanol–water partition coefficient (Wildman–Crippen LogP) is 3.79. The maximum Gasteiger partial charge on any atom is 0.0812 e. The Morgan fingerprint density at radius 3 is 2.64 bits per heavy atom. The van der Waals surface area contributed by atoms with E-state index in [2.05, 4.69) is 13.8 Å². The van der Waals surface area contributed by atoms with Gasteiger partial charge in [-0.2, -0.15) is 3.89 Å². The molecule has 0 unspecified atom stereocenters. The van der Waals surface area contributed by atoms with Gasteiger partial charge in [0.2, 0.25) is 0 Å². The minimum Gasteiger partial charge on any atom is -0.160 e. The van der Waals surface area contributed by atoms with Gasteiger partial charge in [0.25, 0.3) is 0 Å². The first-order valence-corrected chi connectivity index (χ1v) is 4.34. The van der Waals surface area contributed by atoms with E-state index < -0.39 is 0 Å². The molecule has 0 nitrogen and oxygen atoms in total. The molecule has 1 aromatic rings. The number of benzene rings is 1. The summed E-state index contributed by atoms with van der Waals surface area (Å²) in [5.41, 5.74) is 1.19. The van der Waals surface area contributed by atoms with E-state index in [1.165, 1.54) is 5.56 Å². The summed E-state index contributed by atoms with van der Waals surface area (Å²) >= 11 is 0.300. The molecule has 0 atom stereocenters. The van der Waals surface area contributed by atoms with Gasteiger partial charge in [0.1, 0.15) is 0 Å². The Labute approximate surface area is 71.1 Å². The van der Waals surface area contributed by atoms with Crippen LogP contribution in [0.2, 0.25) is 0 Å². The summed E-state index contributed by atoms with van der Waals surface area (Å²) in [5, 5.41) is 0. The molecule has 0 saturated heterocycles. The summed E-state index contributed by atoms with van der Waals surface area (Å²) in [6.07, 6.45) is 0. The van der Waals surface area contributed by atoms with Crippen LogP contribution < -0.4 is 0 Å². The van der Waals surface area contributed by atoms with Gasteiger partial charge in [-0.1, -0.05) is 26.0 Å². The highest BCUT2D eigenvalue weighted by Gasteiger charge is 1.99. The molecule has 0 saturated carbocycles. The van der Waals surface area contributed by atoms with E-state index in [1.807, 2.05) is 18.2 Å². The molecule has 0 bridgehead atoms. The maximum atomic E-state index is 12.1. The topological polar surface area (TPSA) is 0 Å². The van der Waals surface area contributed by atoms with Gasteiger partial charge >= 0.3 is 0 Å². The number of halogens is 1. The highest BCUT2D eigenvalue weighted by atomic mass is 32.2. The van der Waals surface area contributed by atoms with E-state index in [0.29, 0.717) is 23.0 Å². The first-order valence-electron chi connectivity index (χ1n) is 3.62. The monoisotopic (exact) mass is 170 g/mol. The largest absolute Gasteiger partial charge is 0.160 e. The minimum absolute atomic E-state index is 0.300. The Morgan fingerprint density at radius 2 is 2.09 bits per heavy atom. The van der Waals surface area contributed by atoms with Gasteiger partial charge in [-0.05, 0) is 23.6 Å². The Hall–Kier alpha value is -0.500. The van der Waals surface area contributed by atoms with Crippen molar-refractivity contribution in [1.29, 1.82) is 0 Å². The third-order valence-corrected chi connectivity index (χ3v) is 2.05. The van der Waals surface area contributed by atoms with Crippen LogP contribution in [0.1, 0.15) is 25.3 Å². The van der Waals surface area contributed by atoms with Crippen molar-refractivity contribution in [2.75, 3.05) is 0 Å². The Kier molecular flexibility index (Phi) is 2.94. The van der Waals surface area contributed by atoms with Crippen molar-refractivity contribution in [3.05, 3.63) is 29.8 Å². The third-order valence-electron chi connectivity index (χ3n) is 1.61. The minimum atomic E-state index is 0.300. The van der Waals surface area contributed by atoms with Crippen molar-refractivity contribution in [2.24, 2.45) is 0 Å². The second kappa shape index (κ2) is 3.77. The summed E-state index contributed by atoms with van der Waals surface area (Å²) in [4.78, 5) is 0.691. The first kappa shape index (κ1) is 8.60. The molecule has 60 valence electrons. The first-order chi connectivity index (χ1) is 5.24. The van der Waals surface area contributed by atoms with Gasteiger partial charge in [-0.15, -0.1) is 0 Å². The molecule has 0 radical (unpaired) electrons. The molecule has 1 rings (SSSR count). The molecule has 0 aliphatic heterocycles. The summed E-state index contributed by atoms with van der Waals surface area (Å²) in [6, 6.07) is 7.56. The highest BCUT2D eigenvalue weighted by Crippen LogP contribution is 2.23. The van der Waals surface area contributed by atoms with E-state index >= 15 is 0 Å². The van der Waals surface area contributed by atoms with E-state index in [9.17, 15) is 3.89 Å². The second-order valence-corrected chi connectivity index (χ2v) is 3.43. The average molecular weight is 170 g/mol. The number of hydrogen-bond acceptors (Lipinski definition) is 1. The summed E-state index contributed by atoms with van der Waals surface area (Å²) in [5.74, 6) is 0.474. The second-order valence-electron chi connectivity index (χ2n) is 2.80. The standard InChI is InChI=1S/C9H11FS/c1-7(2)8-4-3-5-9(6-8)11-10/h3-7H,1-2H3. The van der Waals surface area contributed by atoms with Crippen molar-refractivity contribution in [2.45, 2.75) is 24.7 Å². The van der Waals surface area contributed by atoms with Gasteiger partial charge in [-0.3, -0.25) is 0 Å². The molecule has 11 heavy (non-hydrogen) atoms. The Morgan fingerprint density at radius 1 is 1.36 bits per heavy atom. The van der Waals surface area contributed by atoms with Crippen molar-refractivity contribution < 1.29 is 3.89 Å². The molecule has 0 fully saturated rings. The molecule has 0 heterocycles. The third kappa shape index (κ3) is 2.22. The normalized spacial score (nSPS) is 10.5. The highest BCUT2D eigenvalue weighted by molar-refractivity contribution is 7.94. The van der Waals surface area contributed by atoms with Crippen LogP contribution in [-0.2, 0) is 0 Å². The lowest BCUT2D eigenvalue weighted by molar-refractivity contribution is 0.860. The van der Waals surface area contributed by atoms with Crippen LogP contribution >= 0.6 is 12.1 Å². The lowest BCUT2D eigenvalue weighted by atomic mass is 10.0. The summed E-state index contributed by atoms with van der Waals surface area (Å²) < 4.78 is 12.1. The fourth-order valence-electron chi connectivity index (χ4n) is 0.922. The molecular formula is C9H11FS. The molecule has 1 aromatic carbocycles. The zero-order valence-electron chi connectivity index (χ0n) is 6.67. The van der Waals surface area contributed by atoms with E-state index in [0.717, 1.165) is 0 Å². The molecule has 0 amide bonds. The van der Waals surface area contributed by atoms with Crippen LogP contribution in [0.15, 0.2) is 29.2 Å². The molecule has 0 aliphatic carbocycles. The van der Waals surface area contributed by atoms with Gasteiger partial charge < -0.3 is 0 Å². The van der Waals surface area contributed by atoms with E-state index in [4.69, 9.17) is 0 Å². The quantitative estimate of drug-likeness (QED) is 0.650. The fraction of sp³-hybridized carbons (Fsp3) is 0.333. The summed E-state index contributed by atoms with van der Waals surface area (Å²) in [6.45, 7) is 4.20. The van der Waals surface area contributed by atoms with Crippen molar-refractivity contribution in [3.8, 4) is 0 Å². The van der Waals surface area contributed by atoms with E-state index in [1.54, 1.807) is 6.07 Å². The number of rotatable bonds is 2. The van der Waals surface area contributed by atoms with Gasteiger partial charge in [0.05, 0.1) is 12.1 Å². The van der Waals surface area contributed by atoms with Crippen molar-refractivity contribution in [1.82, 2.24) is 0 Å². The maximum absolute atomic E-state index is 12.1. The lowest BCUT2D eigenvalue weighted by Crippen LogP contribution is -1.85. The van der Waals surface area contributed by atoms with E-state index in [-0.39, 0.29) is 0 Å². The average Bonchev–Trinajstić information content (AvgIpc) is 2.05. The summed E-state index contributed by atoms with van der Waals surface area (Å²) in [7, 11) is 0. The molecule has 0 aliphatic rings. The number of hydrogen-bond donors (Lipinski definition) is 0. The SMILES string of the molecule is CC(C)c1cccc(SF)c1. The van der Waals surface area contributed by atoms with Crippen molar-refractivity contribution >= 4 is 12.1 Å². The molecular weight excluding hydrogens is 159 g/mol. The smallest absolute Gasteiger partial charge is 0.0812 e. The van der Waals surface area contributed by atoms with Crippen molar-refractivity contribution in [3.63, 3.8) is 0 Å². The fourth-order valence-corrected chi connectivity index (χ4v) is 1.23. The van der Waals surface area contributed by atoms with Crippen LogP contribution in [-0.4, -0.2) is 0 Å². The Balaban J connectivity index is 2.91. The van der Waals surface area contributed by atoms with Gasteiger partial charge in [0.15, 0.2) is 0 Å². The van der Waals surface area contributed by atoms with Gasteiger partial charge in [0, 0.05) is 4.90 Å². The van der Waals surface area contributed by atoms with Crippen LogP contribution in [0.4, 0.5) is 3.89 Å². The molecule has 0 spiro atoms.